The minimum atomic E-state index is -1.09. The van der Waals surface area contributed by atoms with Crippen LogP contribution in [0, 0.1) is 5.92 Å². The number of aliphatic carboxylic acids is 1. The van der Waals surface area contributed by atoms with Crippen LogP contribution in [0.15, 0.2) is 71.9 Å². The highest BCUT2D eigenvalue weighted by molar-refractivity contribution is 7.80. The van der Waals surface area contributed by atoms with Crippen molar-refractivity contribution in [2.75, 3.05) is 25.9 Å². The fourth-order valence-corrected chi connectivity index (χ4v) is 4.22. The molecule has 9 nitrogen and oxygen atoms in total. The SMILES string of the molecule is C=CC1=C(C=C)N(CC(=O)N[C@@H](CC(C)C)C(=O)O)C[C@H](N(C)C(=O)[C@@H](N)CS)N=C1c1ccccc1. The Balaban J connectivity index is 2.54. The third-order valence-electron chi connectivity index (χ3n) is 5.96. The predicted molar refractivity (Wildman–Crippen MR) is 149 cm³/mol. The van der Waals surface area contributed by atoms with E-state index in [1.54, 1.807) is 24.1 Å². The number of amides is 2. The molecule has 3 atom stereocenters. The predicted octanol–water partition coefficient (Wildman–Crippen LogP) is 2.07. The smallest absolute Gasteiger partial charge is 0.326 e. The molecule has 200 valence electrons. The van der Waals surface area contributed by atoms with Crippen molar-refractivity contribution in [2.45, 2.75) is 38.5 Å². The quantitative estimate of drug-likeness (QED) is 0.308. The zero-order chi connectivity index (χ0) is 27.7. The molecule has 4 N–H and O–H groups in total. The van der Waals surface area contributed by atoms with E-state index in [1.807, 2.05) is 44.2 Å². The molecule has 0 radical (unpaired) electrons. The molecule has 1 aromatic carbocycles. The summed E-state index contributed by atoms with van der Waals surface area (Å²) in [4.78, 5) is 45.8. The summed E-state index contributed by atoms with van der Waals surface area (Å²) in [6.45, 7) is 11.7. The van der Waals surface area contributed by atoms with Crippen molar-refractivity contribution in [1.82, 2.24) is 15.1 Å². The highest BCUT2D eigenvalue weighted by Gasteiger charge is 2.32. The Morgan fingerprint density at radius 1 is 1.27 bits per heavy atom. The van der Waals surface area contributed by atoms with Crippen LogP contribution >= 0.6 is 12.6 Å². The van der Waals surface area contributed by atoms with Crippen molar-refractivity contribution < 1.29 is 19.5 Å². The van der Waals surface area contributed by atoms with Crippen molar-refractivity contribution >= 4 is 36.1 Å². The first-order valence-corrected chi connectivity index (χ1v) is 12.7. The number of carboxylic acid groups (broad SMARTS) is 1. The van der Waals surface area contributed by atoms with Gasteiger partial charge in [-0.1, -0.05) is 63.4 Å². The van der Waals surface area contributed by atoms with Crippen molar-refractivity contribution in [3.63, 3.8) is 0 Å². The lowest BCUT2D eigenvalue weighted by Gasteiger charge is -2.32. The van der Waals surface area contributed by atoms with Gasteiger partial charge in [0.25, 0.3) is 0 Å². The van der Waals surface area contributed by atoms with E-state index in [9.17, 15) is 19.5 Å². The number of likely N-dealkylation sites (N-methyl/N-ethyl adjacent to an activating group) is 1. The molecule has 1 heterocycles. The number of hydrogen-bond acceptors (Lipinski definition) is 7. The van der Waals surface area contributed by atoms with E-state index in [0.717, 1.165) is 5.56 Å². The zero-order valence-electron chi connectivity index (χ0n) is 21.6. The summed E-state index contributed by atoms with van der Waals surface area (Å²) in [6, 6.07) is 7.60. The summed E-state index contributed by atoms with van der Waals surface area (Å²) in [5, 5.41) is 12.2. The maximum absolute atomic E-state index is 13.0. The lowest BCUT2D eigenvalue weighted by atomic mass is 10.00. The van der Waals surface area contributed by atoms with Gasteiger partial charge in [-0.05, 0) is 18.4 Å². The summed E-state index contributed by atoms with van der Waals surface area (Å²) in [7, 11) is 1.61. The number of hydrogen-bond donors (Lipinski definition) is 4. The van der Waals surface area contributed by atoms with Gasteiger partial charge in [-0.2, -0.15) is 12.6 Å². The van der Waals surface area contributed by atoms with E-state index in [-0.39, 0.29) is 30.7 Å². The van der Waals surface area contributed by atoms with E-state index < -0.39 is 30.1 Å². The molecule has 10 heteroatoms. The summed E-state index contributed by atoms with van der Waals surface area (Å²) in [5.74, 6) is -1.66. The van der Waals surface area contributed by atoms with Crippen LogP contribution in [0.4, 0.5) is 0 Å². The molecule has 0 aromatic heterocycles. The van der Waals surface area contributed by atoms with Gasteiger partial charge in [0, 0.05) is 29.6 Å². The Morgan fingerprint density at radius 2 is 1.92 bits per heavy atom. The van der Waals surface area contributed by atoms with Gasteiger partial charge in [-0.15, -0.1) is 0 Å². The molecular formula is C27H37N5O4S. The van der Waals surface area contributed by atoms with Crippen LogP contribution in [0.2, 0.25) is 0 Å². The van der Waals surface area contributed by atoms with E-state index in [2.05, 4.69) is 31.1 Å². The molecule has 0 fully saturated rings. The number of nitrogens with two attached hydrogens (primary N) is 1. The van der Waals surface area contributed by atoms with Gasteiger partial charge in [0.1, 0.15) is 12.2 Å². The molecule has 0 spiro atoms. The Hall–Kier alpha value is -3.37. The maximum atomic E-state index is 13.0. The number of carbonyl (C=O) groups is 3. The molecule has 1 aliphatic rings. The number of thiol groups is 1. The summed E-state index contributed by atoms with van der Waals surface area (Å²) >= 11 is 4.15. The van der Waals surface area contributed by atoms with Crippen LogP contribution in [0.25, 0.3) is 0 Å². The third-order valence-corrected chi connectivity index (χ3v) is 6.36. The molecular weight excluding hydrogens is 490 g/mol. The number of nitrogens with one attached hydrogen (secondary N) is 1. The molecule has 37 heavy (non-hydrogen) atoms. The van der Waals surface area contributed by atoms with Crippen LogP contribution in [0.5, 0.6) is 0 Å². The van der Waals surface area contributed by atoms with Crippen LogP contribution in [0.1, 0.15) is 25.8 Å². The summed E-state index contributed by atoms with van der Waals surface area (Å²) < 4.78 is 0. The van der Waals surface area contributed by atoms with Crippen LogP contribution in [-0.2, 0) is 14.4 Å². The first-order chi connectivity index (χ1) is 17.5. The topological polar surface area (TPSA) is 128 Å². The monoisotopic (exact) mass is 527 g/mol. The summed E-state index contributed by atoms with van der Waals surface area (Å²) in [6.07, 6.45) is 2.83. The Bertz CT molecular complexity index is 1070. The Morgan fingerprint density at radius 3 is 2.43 bits per heavy atom. The van der Waals surface area contributed by atoms with Gasteiger partial charge in [0.05, 0.1) is 24.8 Å². The number of aliphatic imine (C=N–C) groups is 1. The van der Waals surface area contributed by atoms with Gasteiger partial charge in [-0.25, -0.2) is 4.79 Å². The van der Waals surface area contributed by atoms with E-state index in [4.69, 9.17) is 10.7 Å². The van der Waals surface area contributed by atoms with Gasteiger partial charge in [0.2, 0.25) is 11.8 Å². The second-order valence-corrected chi connectivity index (χ2v) is 9.60. The third kappa shape index (κ3) is 7.80. The van der Waals surface area contributed by atoms with Crippen molar-refractivity contribution in [2.24, 2.45) is 16.6 Å². The molecule has 0 bridgehead atoms. The van der Waals surface area contributed by atoms with Crippen LogP contribution in [-0.4, -0.2) is 82.5 Å². The van der Waals surface area contributed by atoms with E-state index in [1.165, 1.54) is 4.90 Å². The molecule has 2 rings (SSSR count). The Labute approximate surface area is 224 Å². The minimum absolute atomic E-state index is 0.0810. The zero-order valence-corrected chi connectivity index (χ0v) is 22.5. The molecule has 0 unspecified atom stereocenters. The lowest BCUT2D eigenvalue weighted by Crippen LogP contribution is -2.51. The molecule has 0 saturated heterocycles. The molecule has 0 saturated carbocycles. The number of allylic oxidation sites excluding steroid dienone is 3. The van der Waals surface area contributed by atoms with Crippen molar-refractivity contribution in [3.8, 4) is 0 Å². The van der Waals surface area contributed by atoms with Gasteiger partial charge in [0.15, 0.2) is 0 Å². The lowest BCUT2D eigenvalue weighted by molar-refractivity contribution is -0.142. The summed E-state index contributed by atoms with van der Waals surface area (Å²) in [5.41, 5.74) is 8.57. The second kappa shape index (κ2) is 13.8. The van der Waals surface area contributed by atoms with E-state index >= 15 is 0 Å². The maximum Gasteiger partial charge on any atom is 0.326 e. The van der Waals surface area contributed by atoms with E-state index in [0.29, 0.717) is 23.4 Å². The first-order valence-electron chi connectivity index (χ1n) is 12.1. The number of carbonyl (C=O) groups excluding carboxylic acids is 2. The van der Waals surface area contributed by atoms with Gasteiger partial charge < -0.3 is 26.0 Å². The van der Waals surface area contributed by atoms with Crippen LogP contribution in [0.3, 0.4) is 0 Å². The highest BCUT2D eigenvalue weighted by Crippen LogP contribution is 2.25. The highest BCUT2D eigenvalue weighted by atomic mass is 32.1. The number of benzene rings is 1. The van der Waals surface area contributed by atoms with Crippen molar-refractivity contribution in [1.29, 1.82) is 0 Å². The molecule has 1 aliphatic heterocycles. The van der Waals surface area contributed by atoms with Crippen LogP contribution < -0.4 is 11.1 Å². The normalized spacial score (nSPS) is 17.4. The van der Waals surface area contributed by atoms with Gasteiger partial charge >= 0.3 is 5.97 Å². The number of carboxylic acids is 1. The molecule has 2 amide bonds. The minimum Gasteiger partial charge on any atom is -0.480 e. The standard InChI is InChI=1S/C27H37N5O4S/c1-6-19-22(7-2)32(15-24(33)29-21(27(35)36)13-17(3)4)14-23(31(5)26(34)20(28)16-37)30-25(19)18-11-9-8-10-12-18/h6-12,17,20-21,23,37H,1-2,13-16,28H2,3-5H3,(H,29,33)(H,35,36)/t20-,21-,23-/m0/s1. The first kappa shape index (κ1) is 29.9. The number of rotatable bonds is 12. The van der Waals surface area contributed by atoms with Crippen molar-refractivity contribution in [3.05, 3.63) is 72.5 Å². The largest absolute Gasteiger partial charge is 0.480 e. The average Bonchev–Trinajstić information content (AvgIpc) is 3.03. The second-order valence-electron chi connectivity index (χ2n) is 9.24. The number of nitrogens with zero attached hydrogens (tertiary/aromatic N) is 3. The van der Waals surface area contributed by atoms with Gasteiger partial charge in [-0.3, -0.25) is 14.6 Å². The molecule has 1 aromatic rings. The fraction of sp³-hybridized carbons (Fsp3) is 0.407. The fourth-order valence-electron chi connectivity index (χ4n) is 4.06. The molecule has 0 aliphatic carbocycles. The Kier molecular flexibility index (Phi) is 11.1. The average molecular weight is 528 g/mol.